The van der Waals surface area contributed by atoms with Crippen molar-refractivity contribution < 1.29 is 10.2 Å². The van der Waals surface area contributed by atoms with Gasteiger partial charge in [-0.25, -0.2) is 0 Å². The molecular formula is C31H27NO2. The first-order valence-electron chi connectivity index (χ1n) is 11.9. The molecule has 0 saturated carbocycles. The predicted molar refractivity (Wildman–Crippen MR) is 141 cm³/mol. The van der Waals surface area contributed by atoms with Crippen LogP contribution in [0.4, 0.5) is 0 Å². The Morgan fingerprint density at radius 3 is 2.35 bits per heavy atom. The van der Waals surface area contributed by atoms with Crippen molar-refractivity contribution in [3.8, 4) is 22.6 Å². The first-order valence-corrected chi connectivity index (χ1v) is 11.9. The van der Waals surface area contributed by atoms with E-state index in [1.807, 2.05) is 24.3 Å². The van der Waals surface area contributed by atoms with Crippen LogP contribution in [0.15, 0.2) is 60.7 Å². The van der Waals surface area contributed by atoms with Crippen LogP contribution in [0, 0.1) is 0 Å². The monoisotopic (exact) mass is 445 g/mol. The molecule has 3 heteroatoms. The van der Waals surface area contributed by atoms with Crippen molar-refractivity contribution in [3.05, 3.63) is 77.5 Å². The number of fused-ring (bicyclic) bond motifs is 9. The molecule has 2 heterocycles. The molecule has 168 valence electrons. The smallest absolute Gasteiger partial charge is 0.125 e. The van der Waals surface area contributed by atoms with Crippen molar-refractivity contribution in [1.82, 2.24) is 4.40 Å². The van der Waals surface area contributed by atoms with Crippen LogP contribution >= 0.6 is 0 Å². The highest BCUT2D eigenvalue weighted by Crippen LogP contribution is 2.57. The van der Waals surface area contributed by atoms with E-state index in [2.05, 4.69) is 69.4 Å². The summed E-state index contributed by atoms with van der Waals surface area (Å²) in [6, 6.07) is 20.7. The minimum absolute atomic E-state index is 0.0398. The molecule has 0 amide bonds. The van der Waals surface area contributed by atoms with Crippen LogP contribution < -0.4 is 0 Å². The maximum Gasteiger partial charge on any atom is 0.125 e. The molecule has 4 aromatic carbocycles. The highest BCUT2D eigenvalue weighted by atomic mass is 16.3. The number of phenolic OH excluding ortho intramolecular Hbond substituents is 2. The molecule has 6 aromatic rings. The van der Waals surface area contributed by atoms with Gasteiger partial charge in [-0.3, -0.25) is 0 Å². The van der Waals surface area contributed by atoms with E-state index in [0.29, 0.717) is 5.75 Å². The fraction of sp³-hybridized carbons (Fsp3) is 0.226. The third-order valence-corrected chi connectivity index (χ3v) is 7.98. The Hall–Kier alpha value is -3.72. The minimum atomic E-state index is -0.223. The van der Waals surface area contributed by atoms with Crippen molar-refractivity contribution in [2.45, 2.75) is 45.4 Å². The van der Waals surface area contributed by atoms with E-state index in [4.69, 9.17) is 0 Å². The summed E-state index contributed by atoms with van der Waals surface area (Å²) in [4.78, 5) is 0. The molecule has 2 N–H and O–H groups in total. The third kappa shape index (κ3) is 2.22. The number of nitrogens with zero attached hydrogens (tertiary/aromatic N) is 1. The summed E-state index contributed by atoms with van der Waals surface area (Å²) >= 11 is 0. The van der Waals surface area contributed by atoms with Crippen LogP contribution in [-0.2, 0) is 10.8 Å². The molecule has 1 aliphatic rings. The van der Waals surface area contributed by atoms with Gasteiger partial charge in [-0.1, -0.05) is 58.9 Å². The van der Waals surface area contributed by atoms with Crippen LogP contribution in [0.1, 0.15) is 51.4 Å². The zero-order valence-corrected chi connectivity index (χ0v) is 20.1. The lowest BCUT2D eigenvalue weighted by atomic mass is 9.81. The van der Waals surface area contributed by atoms with Crippen LogP contribution in [0.5, 0.6) is 11.5 Å². The minimum Gasteiger partial charge on any atom is -0.508 e. The lowest BCUT2D eigenvalue weighted by Gasteiger charge is -2.24. The van der Waals surface area contributed by atoms with Gasteiger partial charge in [0.1, 0.15) is 11.5 Å². The second-order valence-electron chi connectivity index (χ2n) is 11.5. The summed E-state index contributed by atoms with van der Waals surface area (Å²) in [5.41, 5.74) is 8.22. The van der Waals surface area contributed by atoms with Gasteiger partial charge in [0, 0.05) is 27.4 Å². The Kier molecular flexibility index (Phi) is 3.39. The summed E-state index contributed by atoms with van der Waals surface area (Å²) in [6.07, 6.45) is 0. The Morgan fingerprint density at radius 1 is 0.794 bits per heavy atom. The van der Waals surface area contributed by atoms with Gasteiger partial charge in [-0.15, -0.1) is 0 Å². The van der Waals surface area contributed by atoms with Gasteiger partial charge in [0.05, 0.1) is 16.4 Å². The number of phenols is 2. The Bertz CT molecular complexity index is 1830. The number of benzene rings is 4. The summed E-state index contributed by atoms with van der Waals surface area (Å²) in [5.74, 6) is 0.597. The number of hydrogen-bond donors (Lipinski definition) is 2. The zero-order chi connectivity index (χ0) is 23.7. The van der Waals surface area contributed by atoms with Gasteiger partial charge in [-0.2, -0.15) is 0 Å². The molecule has 0 bridgehead atoms. The van der Waals surface area contributed by atoms with Crippen molar-refractivity contribution in [3.63, 3.8) is 0 Å². The van der Waals surface area contributed by atoms with Crippen LogP contribution in [0.3, 0.4) is 0 Å². The first kappa shape index (κ1) is 19.7. The first-order chi connectivity index (χ1) is 16.1. The lowest BCUT2D eigenvalue weighted by Crippen LogP contribution is -2.18. The van der Waals surface area contributed by atoms with Gasteiger partial charge < -0.3 is 14.6 Å². The van der Waals surface area contributed by atoms with E-state index in [9.17, 15) is 10.2 Å². The second kappa shape index (κ2) is 5.85. The van der Waals surface area contributed by atoms with Gasteiger partial charge >= 0.3 is 0 Å². The van der Waals surface area contributed by atoms with Crippen molar-refractivity contribution >= 4 is 38.0 Å². The average Bonchev–Trinajstić information content (AvgIpc) is 3.36. The van der Waals surface area contributed by atoms with Gasteiger partial charge in [0.25, 0.3) is 0 Å². The Balaban J connectivity index is 1.72. The molecule has 7 rings (SSSR count). The Labute approximate surface area is 198 Å². The lowest BCUT2D eigenvalue weighted by molar-refractivity contribution is 0.476. The molecule has 0 aliphatic heterocycles. The van der Waals surface area contributed by atoms with E-state index in [-0.39, 0.29) is 16.6 Å². The van der Waals surface area contributed by atoms with E-state index >= 15 is 0 Å². The molecule has 0 radical (unpaired) electrons. The number of aromatic hydroxyl groups is 2. The maximum atomic E-state index is 11.2. The molecule has 1 aliphatic carbocycles. The maximum absolute atomic E-state index is 11.2. The largest absolute Gasteiger partial charge is 0.508 e. The fourth-order valence-corrected chi connectivity index (χ4v) is 6.28. The molecule has 0 fully saturated rings. The summed E-state index contributed by atoms with van der Waals surface area (Å²) in [5, 5.41) is 26.7. The van der Waals surface area contributed by atoms with E-state index < -0.39 is 0 Å². The number of hydrogen-bond acceptors (Lipinski definition) is 2. The topological polar surface area (TPSA) is 44.9 Å². The molecule has 0 saturated heterocycles. The van der Waals surface area contributed by atoms with Gasteiger partial charge in [0.2, 0.25) is 0 Å². The second-order valence-corrected chi connectivity index (χ2v) is 11.5. The van der Waals surface area contributed by atoms with Gasteiger partial charge in [0.15, 0.2) is 0 Å². The van der Waals surface area contributed by atoms with Crippen molar-refractivity contribution in [1.29, 1.82) is 0 Å². The summed E-state index contributed by atoms with van der Waals surface area (Å²) < 4.78 is 2.37. The quantitative estimate of drug-likeness (QED) is 0.250. The summed E-state index contributed by atoms with van der Waals surface area (Å²) in [7, 11) is 0. The molecule has 2 aromatic heterocycles. The zero-order valence-electron chi connectivity index (χ0n) is 20.1. The Morgan fingerprint density at radius 2 is 1.59 bits per heavy atom. The predicted octanol–water partition coefficient (Wildman–Crippen LogP) is 7.85. The third-order valence-electron chi connectivity index (χ3n) is 7.98. The molecular weight excluding hydrogens is 418 g/mol. The molecule has 34 heavy (non-hydrogen) atoms. The standard InChI is InChI=1S/C31H27NO2/c1-30(2,3)18-7-10-23-22(15-18)26-27-25(34)11-9-20-21-13-16-6-8-19(33)12-17(16)14-24(21)32(28(20)27)29(26)31(23,4)5/h6-15,33-34H,1-5H3. The molecule has 0 atom stereocenters. The molecule has 0 unspecified atom stereocenters. The van der Waals surface area contributed by atoms with Crippen LogP contribution in [0.2, 0.25) is 0 Å². The van der Waals surface area contributed by atoms with E-state index in [0.717, 1.165) is 38.1 Å². The van der Waals surface area contributed by atoms with Crippen molar-refractivity contribution in [2.75, 3.05) is 0 Å². The highest BCUT2D eigenvalue weighted by molar-refractivity contribution is 6.23. The summed E-state index contributed by atoms with van der Waals surface area (Å²) in [6.45, 7) is 11.3. The number of aromatic nitrogens is 1. The normalized spacial score (nSPS) is 15.1. The average molecular weight is 446 g/mol. The van der Waals surface area contributed by atoms with Crippen LogP contribution in [0.25, 0.3) is 49.1 Å². The highest BCUT2D eigenvalue weighted by Gasteiger charge is 2.42. The van der Waals surface area contributed by atoms with E-state index in [1.165, 1.54) is 27.8 Å². The molecule has 0 spiro atoms. The van der Waals surface area contributed by atoms with Crippen molar-refractivity contribution in [2.24, 2.45) is 0 Å². The van der Waals surface area contributed by atoms with Gasteiger partial charge in [-0.05, 0) is 69.3 Å². The fourth-order valence-electron chi connectivity index (χ4n) is 6.28. The van der Waals surface area contributed by atoms with Crippen LogP contribution in [-0.4, -0.2) is 14.6 Å². The van der Waals surface area contributed by atoms with E-state index in [1.54, 1.807) is 6.07 Å². The molecule has 3 nitrogen and oxygen atoms in total. The SMILES string of the molecule is CC(C)(C)c1ccc2c(c1)-c1c(n3c4cc5cc(O)ccc5cc4c4ccc(O)c1c43)C2(C)C. The number of rotatable bonds is 0.